The lowest BCUT2D eigenvalue weighted by atomic mass is 10.2. The molecule has 0 aliphatic carbocycles. The molecule has 0 atom stereocenters. The maximum atomic E-state index is 13.3. The molecule has 0 radical (unpaired) electrons. The second-order valence-corrected chi connectivity index (χ2v) is 8.43. The van der Waals surface area contributed by atoms with Crippen LogP contribution < -0.4 is 26.6 Å². The number of furan rings is 1. The highest BCUT2D eigenvalue weighted by atomic mass is 16.5. The minimum absolute atomic E-state index is 0.133. The highest BCUT2D eigenvalue weighted by Gasteiger charge is 2.15. The fraction of sp³-hybridized carbons (Fsp3) is 0.259. The zero-order valence-electron chi connectivity index (χ0n) is 20.4. The zero-order chi connectivity index (χ0) is 26.2. The molecule has 4 aromatic rings. The van der Waals surface area contributed by atoms with Crippen molar-refractivity contribution in [2.24, 2.45) is 0 Å². The minimum Gasteiger partial charge on any atom is -0.497 e. The second-order valence-electron chi connectivity index (χ2n) is 8.43. The van der Waals surface area contributed by atoms with Gasteiger partial charge in [-0.25, -0.2) is 4.79 Å². The van der Waals surface area contributed by atoms with Gasteiger partial charge in [-0.3, -0.25) is 23.5 Å². The van der Waals surface area contributed by atoms with Crippen LogP contribution in [0.4, 0.5) is 5.69 Å². The van der Waals surface area contributed by atoms with Crippen LogP contribution in [0.3, 0.4) is 0 Å². The number of aromatic nitrogens is 2. The third-order valence-electron chi connectivity index (χ3n) is 5.88. The SMILES string of the molecule is COc1ccc(NC(=O)Cn2c(=O)n(CCCCC(=O)NCc3ccco3)c(=O)c3ccccc32)cc1. The molecular formula is C27H28N4O6. The lowest BCUT2D eigenvalue weighted by Gasteiger charge is -2.14. The number of methoxy groups -OCH3 is 1. The Kier molecular flexibility index (Phi) is 8.19. The number of amides is 2. The molecule has 2 aromatic heterocycles. The van der Waals surface area contributed by atoms with Gasteiger partial charge in [0.05, 0.1) is 30.8 Å². The molecule has 0 bridgehead atoms. The van der Waals surface area contributed by atoms with Crippen molar-refractivity contribution >= 4 is 28.4 Å². The summed E-state index contributed by atoms with van der Waals surface area (Å²) >= 11 is 0. The fourth-order valence-electron chi connectivity index (χ4n) is 3.98. The van der Waals surface area contributed by atoms with Crippen molar-refractivity contribution in [3.8, 4) is 5.75 Å². The van der Waals surface area contributed by atoms with E-state index in [0.29, 0.717) is 47.5 Å². The van der Waals surface area contributed by atoms with Gasteiger partial charge in [0, 0.05) is 18.7 Å². The Bertz CT molecular complexity index is 1490. The van der Waals surface area contributed by atoms with Crippen LogP contribution in [0.15, 0.2) is 80.9 Å². The Morgan fingerprint density at radius 2 is 1.70 bits per heavy atom. The molecule has 0 saturated heterocycles. The van der Waals surface area contributed by atoms with Crippen LogP contribution in [0.2, 0.25) is 0 Å². The van der Waals surface area contributed by atoms with Crippen molar-refractivity contribution in [2.75, 3.05) is 12.4 Å². The average molecular weight is 505 g/mol. The fourth-order valence-corrected chi connectivity index (χ4v) is 3.98. The maximum absolute atomic E-state index is 13.3. The predicted molar refractivity (Wildman–Crippen MR) is 138 cm³/mol. The van der Waals surface area contributed by atoms with Gasteiger partial charge >= 0.3 is 5.69 Å². The van der Waals surface area contributed by atoms with Gasteiger partial charge in [0.2, 0.25) is 11.8 Å². The third-order valence-corrected chi connectivity index (χ3v) is 5.88. The highest BCUT2D eigenvalue weighted by molar-refractivity contribution is 5.91. The summed E-state index contributed by atoms with van der Waals surface area (Å²) < 4.78 is 12.7. The number of ether oxygens (including phenoxy) is 1. The van der Waals surface area contributed by atoms with E-state index in [-0.39, 0.29) is 25.4 Å². The molecule has 10 heteroatoms. The Hall–Kier alpha value is -4.60. The molecule has 10 nitrogen and oxygen atoms in total. The van der Waals surface area contributed by atoms with E-state index in [0.717, 1.165) is 4.57 Å². The van der Waals surface area contributed by atoms with Crippen molar-refractivity contribution in [2.45, 2.75) is 38.9 Å². The number of anilines is 1. The van der Waals surface area contributed by atoms with Gasteiger partial charge in [0.15, 0.2) is 0 Å². The van der Waals surface area contributed by atoms with Gasteiger partial charge in [-0.2, -0.15) is 0 Å². The lowest BCUT2D eigenvalue weighted by molar-refractivity contribution is -0.121. The number of carbonyl (C=O) groups excluding carboxylic acids is 2. The normalized spacial score (nSPS) is 10.8. The largest absolute Gasteiger partial charge is 0.497 e. The first-order valence-electron chi connectivity index (χ1n) is 11.9. The Morgan fingerprint density at radius 1 is 0.919 bits per heavy atom. The van der Waals surface area contributed by atoms with E-state index in [1.165, 1.54) is 10.8 Å². The quantitative estimate of drug-likeness (QED) is 0.303. The van der Waals surface area contributed by atoms with E-state index in [4.69, 9.17) is 9.15 Å². The molecule has 0 saturated carbocycles. The molecule has 4 rings (SSSR count). The predicted octanol–water partition coefficient (Wildman–Crippen LogP) is 2.89. The molecule has 0 unspecified atom stereocenters. The Balaban J connectivity index is 1.44. The van der Waals surface area contributed by atoms with Crippen molar-refractivity contribution in [1.82, 2.24) is 14.5 Å². The second kappa shape index (κ2) is 11.9. The molecule has 2 N–H and O–H groups in total. The van der Waals surface area contributed by atoms with E-state index in [1.807, 2.05) is 0 Å². The molecule has 0 spiro atoms. The molecule has 2 aromatic carbocycles. The number of hydrogen-bond donors (Lipinski definition) is 2. The van der Waals surface area contributed by atoms with E-state index in [2.05, 4.69) is 10.6 Å². The van der Waals surface area contributed by atoms with E-state index in [1.54, 1.807) is 67.8 Å². The number of hydrogen-bond acceptors (Lipinski definition) is 6. The van der Waals surface area contributed by atoms with Crippen LogP contribution in [0.25, 0.3) is 10.9 Å². The number of benzene rings is 2. The zero-order valence-corrected chi connectivity index (χ0v) is 20.4. The summed E-state index contributed by atoms with van der Waals surface area (Å²) in [5.74, 6) is 0.764. The van der Waals surface area contributed by atoms with Crippen molar-refractivity contribution in [3.63, 3.8) is 0 Å². The maximum Gasteiger partial charge on any atom is 0.331 e. The van der Waals surface area contributed by atoms with Crippen LogP contribution in [-0.4, -0.2) is 28.1 Å². The number of unbranched alkanes of at least 4 members (excludes halogenated alkanes) is 1. The van der Waals surface area contributed by atoms with Crippen LogP contribution >= 0.6 is 0 Å². The average Bonchev–Trinajstić information content (AvgIpc) is 3.44. The third kappa shape index (κ3) is 6.35. The first-order chi connectivity index (χ1) is 18.0. The van der Waals surface area contributed by atoms with Gasteiger partial charge in [0.1, 0.15) is 18.1 Å². The Morgan fingerprint density at radius 3 is 2.43 bits per heavy atom. The summed E-state index contributed by atoms with van der Waals surface area (Å²) in [6, 6.07) is 17.1. The Labute approximate surface area is 212 Å². The van der Waals surface area contributed by atoms with E-state index < -0.39 is 17.2 Å². The van der Waals surface area contributed by atoms with Crippen molar-refractivity contribution in [1.29, 1.82) is 0 Å². The number of rotatable bonds is 11. The van der Waals surface area contributed by atoms with Gasteiger partial charge in [-0.15, -0.1) is 0 Å². The van der Waals surface area contributed by atoms with Crippen LogP contribution in [-0.2, 0) is 29.2 Å². The van der Waals surface area contributed by atoms with Gasteiger partial charge in [-0.1, -0.05) is 12.1 Å². The smallest absolute Gasteiger partial charge is 0.331 e. The molecular weight excluding hydrogens is 476 g/mol. The van der Waals surface area contributed by atoms with Crippen LogP contribution in [0, 0.1) is 0 Å². The molecule has 2 amide bonds. The van der Waals surface area contributed by atoms with Gasteiger partial charge < -0.3 is 19.8 Å². The van der Waals surface area contributed by atoms with Crippen molar-refractivity contribution < 1.29 is 18.7 Å². The van der Waals surface area contributed by atoms with Crippen molar-refractivity contribution in [3.05, 3.63) is 93.5 Å². The van der Waals surface area contributed by atoms with E-state index >= 15 is 0 Å². The minimum atomic E-state index is -0.573. The molecule has 0 aliphatic rings. The summed E-state index contributed by atoms with van der Waals surface area (Å²) in [5.41, 5.74) is -0.0525. The van der Waals surface area contributed by atoms with Gasteiger partial charge in [-0.05, 0) is 61.4 Å². The molecule has 192 valence electrons. The summed E-state index contributed by atoms with van der Waals surface area (Å²) in [6.45, 7) is 0.175. The lowest BCUT2D eigenvalue weighted by Crippen LogP contribution is -2.41. The number of nitrogens with zero attached hydrogens (tertiary/aromatic N) is 2. The number of para-hydroxylation sites is 1. The van der Waals surface area contributed by atoms with Crippen LogP contribution in [0.1, 0.15) is 25.0 Å². The number of carbonyl (C=O) groups is 2. The van der Waals surface area contributed by atoms with Crippen LogP contribution in [0.5, 0.6) is 5.75 Å². The standard InChI is InChI=1S/C27H28N4O6/c1-36-20-13-11-19(12-14-20)29-25(33)18-31-23-9-3-2-8-22(23)26(34)30(27(31)35)15-5-4-10-24(32)28-17-21-7-6-16-37-21/h2-3,6-9,11-14,16H,4-5,10,15,17-18H2,1H3,(H,28,32)(H,29,33). The monoisotopic (exact) mass is 504 g/mol. The summed E-state index contributed by atoms with van der Waals surface area (Å²) in [4.78, 5) is 51.2. The molecule has 37 heavy (non-hydrogen) atoms. The molecule has 0 aliphatic heterocycles. The number of nitrogens with one attached hydrogen (secondary N) is 2. The number of fused-ring (bicyclic) bond motifs is 1. The van der Waals surface area contributed by atoms with E-state index in [9.17, 15) is 19.2 Å². The first kappa shape index (κ1) is 25.5. The molecule has 0 fully saturated rings. The first-order valence-corrected chi connectivity index (χ1v) is 11.9. The molecule has 2 heterocycles. The van der Waals surface area contributed by atoms with Gasteiger partial charge in [0.25, 0.3) is 5.56 Å². The topological polar surface area (TPSA) is 125 Å². The summed E-state index contributed by atoms with van der Waals surface area (Å²) in [5, 5.41) is 5.87. The summed E-state index contributed by atoms with van der Waals surface area (Å²) in [6.07, 6.45) is 2.72. The summed E-state index contributed by atoms with van der Waals surface area (Å²) in [7, 11) is 1.55. The highest BCUT2D eigenvalue weighted by Crippen LogP contribution is 2.15.